The zero-order valence-electron chi connectivity index (χ0n) is 19.4. The van der Waals surface area contributed by atoms with E-state index in [2.05, 4.69) is 10.6 Å². The van der Waals surface area contributed by atoms with Crippen LogP contribution in [-0.4, -0.2) is 35.5 Å². The summed E-state index contributed by atoms with van der Waals surface area (Å²) >= 11 is 0. The minimum Gasteiger partial charge on any atom is -0.353 e. The Morgan fingerprint density at radius 3 is 2.29 bits per heavy atom. The van der Waals surface area contributed by atoms with Crippen molar-refractivity contribution in [1.82, 2.24) is 16.1 Å². The highest BCUT2D eigenvalue weighted by atomic mass is 19.1. The van der Waals surface area contributed by atoms with Crippen LogP contribution in [0.5, 0.6) is 0 Å². The Kier molecular flexibility index (Phi) is 9.74. The second kappa shape index (κ2) is 13.2. The molecular formula is C27H30FN3O4. The van der Waals surface area contributed by atoms with Crippen LogP contribution < -0.4 is 16.1 Å². The molecule has 0 bridgehead atoms. The standard InChI is InChI=1S/C27H30FN3O4/c28-22-12-10-21(11-13-22)24(27(34)30-23-14-15-23)18-20-7-5-19(6-8-20)9-16-25(32)29-17-3-1-2-4-26(33)31-35/h5-13,16,18,23,35H,1-4,14-15,17H2,(H,29,32)(H,30,34)(H,31,33). The molecule has 0 aromatic heterocycles. The maximum Gasteiger partial charge on any atom is 0.252 e. The van der Waals surface area contributed by atoms with E-state index < -0.39 is 5.91 Å². The summed E-state index contributed by atoms with van der Waals surface area (Å²) < 4.78 is 13.4. The molecule has 2 aromatic carbocycles. The van der Waals surface area contributed by atoms with Gasteiger partial charge in [0.05, 0.1) is 0 Å². The third-order valence-corrected chi connectivity index (χ3v) is 5.49. The number of halogens is 1. The van der Waals surface area contributed by atoms with E-state index in [-0.39, 0.29) is 30.1 Å². The van der Waals surface area contributed by atoms with Crippen LogP contribution in [0.15, 0.2) is 54.6 Å². The Labute approximate surface area is 204 Å². The minimum atomic E-state index is -0.410. The highest BCUT2D eigenvalue weighted by Crippen LogP contribution is 2.24. The monoisotopic (exact) mass is 479 g/mol. The van der Waals surface area contributed by atoms with Gasteiger partial charge in [-0.3, -0.25) is 19.6 Å². The predicted octanol–water partition coefficient (Wildman–Crippen LogP) is 3.84. The first kappa shape index (κ1) is 25.8. The fourth-order valence-electron chi connectivity index (χ4n) is 3.36. The first-order chi connectivity index (χ1) is 16.9. The van der Waals surface area contributed by atoms with E-state index in [1.165, 1.54) is 18.2 Å². The van der Waals surface area contributed by atoms with Crippen LogP contribution in [0.4, 0.5) is 4.39 Å². The van der Waals surface area contributed by atoms with E-state index in [1.807, 2.05) is 24.3 Å². The van der Waals surface area contributed by atoms with E-state index in [4.69, 9.17) is 5.21 Å². The van der Waals surface area contributed by atoms with Gasteiger partial charge in [-0.1, -0.05) is 42.8 Å². The molecule has 3 rings (SSSR count). The maximum atomic E-state index is 13.4. The summed E-state index contributed by atoms with van der Waals surface area (Å²) in [6, 6.07) is 13.5. The topological polar surface area (TPSA) is 108 Å². The largest absolute Gasteiger partial charge is 0.353 e. The Morgan fingerprint density at radius 2 is 1.63 bits per heavy atom. The number of carbonyl (C=O) groups is 3. The lowest BCUT2D eigenvalue weighted by Gasteiger charge is -2.09. The average Bonchev–Trinajstić information content (AvgIpc) is 3.68. The molecule has 0 unspecified atom stereocenters. The van der Waals surface area contributed by atoms with Crippen LogP contribution in [0.1, 0.15) is 55.2 Å². The molecule has 3 amide bonds. The molecule has 1 aliphatic carbocycles. The van der Waals surface area contributed by atoms with Crippen molar-refractivity contribution >= 4 is 35.4 Å². The Hall–Kier alpha value is -3.78. The van der Waals surface area contributed by atoms with Gasteiger partial charge in [0, 0.05) is 30.7 Å². The molecule has 0 saturated heterocycles. The molecular weight excluding hydrogens is 449 g/mol. The Bertz CT molecular complexity index is 1070. The molecule has 1 fully saturated rings. The number of hydrogen-bond donors (Lipinski definition) is 4. The van der Waals surface area contributed by atoms with E-state index in [0.717, 1.165) is 36.8 Å². The van der Waals surface area contributed by atoms with Crippen LogP contribution in [0.25, 0.3) is 17.7 Å². The molecule has 0 spiro atoms. The molecule has 35 heavy (non-hydrogen) atoms. The molecule has 1 saturated carbocycles. The fraction of sp³-hybridized carbons (Fsp3) is 0.296. The second-order valence-corrected chi connectivity index (χ2v) is 8.45. The van der Waals surface area contributed by atoms with Crippen molar-refractivity contribution in [2.45, 2.75) is 44.6 Å². The van der Waals surface area contributed by atoms with Gasteiger partial charge in [0.2, 0.25) is 11.8 Å². The van der Waals surface area contributed by atoms with Gasteiger partial charge >= 0.3 is 0 Å². The SMILES string of the molecule is O=C(C=Cc1ccc(C=C(C(=O)NC2CC2)c2ccc(F)cc2)cc1)NCCCCCC(=O)NO. The third kappa shape index (κ3) is 9.17. The smallest absolute Gasteiger partial charge is 0.252 e. The van der Waals surface area contributed by atoms with E-state index in [0.29, 0.717) is 24.1 Å². The lowest BCUT2D eigenvalue weighted by molar-refractivity contribution is -0.129. The molecule has 4 N–H and O–H groups in total. The quantitative estimate of drug-likeness (QED) is 0.122. The number of nitrogens with one attached hydrogen (secondary N) is 3. The van der Waals surface area contributed by atoms with E-state index >= 15 is 0 Å². The van der Waals surface area contributed by atoms with Gasteiger partial charge in [0.1, 0.15) is 5.82 Å². The number of hydroxylamine groups is 1. The summed E-state index contributed by atoms with van der Waals surface area (Å²) in [6.07, 6.45) is 9.29. The molecule has 0 heterocycles. The molecule has 8 heteroatoms. The van der Waals surface area contributed by atoms with Crippen LogP contribution in [0, 0.1) is 5.82 Å². The van der Waals surface area contributed by atoms with Crippen molar-refractivity contribution in [1.29, 1.82) is 0 Å². The summed E-state index contributed by atoms with van der Waals surface area (Å²) in [7, 11) is 0. The van der Waals surface area contributed by atoms with Crippen molar-refractivity contribution in [2.24, 2.45) is 0 Å². The summed E-state index contributed by atoms with van der Waals surface area (Å²) in [5.74, 6) is -1.16. The maximum absolute atomic E-state index is 13.4. The summed E-state index contributed by atoms with van der Waals surface area (Å²) in [5.41, 5.74) is 4.34. The van der Waals surface area contributed by atoms with Crippen molar-refractivity contribution in [3.63, 3.8) is 0 Å². The number of rotatable bonds is 12. The van der Waals surface area contributed by atoms with Crippen LogP contribution in [0.2, 0.25) is 0 Å². The lowest BCUT2D eigenvalue weighted by Crippen LogP contribution is -2.26. The van der Waals surface area contributed by atoms with Gasteiger partial charge in [-0.15, -0.1) is 0 Å². The zero-order chi connectivity index (χ0) is 25.0. The van der Waals surface area contributed by atoms with Crippen molar-refractivity contribution < 1.29 is 24.0 Å². The van der Waals surface area contributed by atoms with Gasteiger partial charge in [-0.25, -0.2) is 9.87 Å². The number of hydrogen-bond acceptors (Lipinski definition) is 4. The Morgan fingerprint density at radius 1 is 0.943 bits per heavy atom. The summed E-state index contributed by atoms with van der Waals surface area (Å²) in [4.78, 5) is 35.7. The van der Waals surface area contributed by atoms with Crippen LogP contribution in [0.3, 0.4) is 0 Å². The average molecular weight is 480 g/mol. The van der Waals surface area contributed by atoms with Crippen LogP contribution >= 0.6 is 0 Å². The number of benzene rings is 2. The van der Waals surface area contributed by atoms with E-state index in [1.54, 1.807) is 29.8 Å². The molecule has 7 nitrogen and oxygen atoms in total. The van der Waals surface area contributed by atoms with Crippen molar-refractivity contribution in [3.8, 4) is 0 Å². The number of unbranched alkanes of at least 4 members (excludes halogenated alkanes) is 2. The first-order valence-corrected chi connectivity index (χ1v) is 11.7. The third-order valence-electron chi connectivity index (χ3n) is 5.49. The van der Waals surface area contributed by atoms with Crippen molar-refractivity contribution in [3.05, 3.63) is 77.1 Å². The molecule has 0 radical (unpaired) electrons. The summed E-state index contributed by atoms with van der Waals surface area (Å²) in [5, 5.41) is 14.2. The van der Waals surface area contributed by atoms with Gasteiger partial charge in [0.15, 0.2) is 0 Å². The zero-order valence-corrected chi connectivity index (χ0v) is 19.4. The first-order valence-electron chi connectivity index (χ1n) is 11.7. The molecule has 2 aromatic rings. The molecule has 184 valence electrons. The fourth-order valence-corrected chi connectivity index (χ4v) is 3.36. The highest BCUT2D eigenvalue weighted by molar-refractivity contribution is 6.24. The molecule has 0 atom stereocenters. The second-order valence-electron chi connectivity index (χ2n) is 8.45. The van der Waals surface area contributed by atoms with Gasteiger partial charge in [-0.2, -0.15) is 0 Å². The van der Waals surface area contributed by atoms with Gasteiger partial charge in [-0.05, 0) is 66.7 Å². The predicted molar refractivity (Wildman–Crippen MR) is 132 cm³/mol. The van der Waals surface area contributed by atoms with Gasteiger partial charge < -0.3 is 10.6 Å². The molecule has 0 aliphatic heterocycles. The normalized spacial score (nSPS) is 13.5. The van der Waals surface area contributed by atoms with Crippen molar-refractivity contribution in [2.75, 3.05) is 6.54 Å². The summed E-state index contributed by atoms with van der Waals surface area (Å²) in [6.45, 7) is 0.503. The molecule has 1 aliphatic rings. The lowest BCUT2D eigenvalue weighted by atomic mass is 10.0. The number of carbonyl (C=O) groups excluding carboxylic acids is 3. The van der Waals surface area contributed by atoms with Gasteiger partial charge in [0.25, 0.3) is 5.91 Å². The Balaban J connectivity index is 1.54. The van der Waals surface area contributed by atoms with Crippen LogP contribution in [-0.2, 0) is 14.4 Å². The number of amides is 3. The van der Waals surface area contributed by atoms with E-state index in [9.17, 15) is 18.8 Å². The minimum absolute atomic E-state index is 0.184. The highest BCUT2D eigenvalue weighted by Gasteiger charge is 2.25.